The largest absolute Gasteiger partial charge is 0.400 e. The lowest BCUT2D eigenvalue weighted by Gasteiger charge is -2.47. The number of hydrogen-bond acceptors (Lipinski definition) is 5. The Morgan fingerprint density at radius 3 is 2.40 bits per heavy atom. The van der Waals surface area contributed by atoms with Gasteiger partial charge in [-0.05, 0) is 19.4 Å². The first-order chi connectivity index (χ1) is 10.1. The Balaban J connectivity index is -0.000000536. The Labute approximate surface area is 126 Å². The molecule has 1 saturated heterocycles. The van der Waals surface area contributed by atoms with E-state index >= 15 is 0 Å². The number of rotatable bonds is 6. The molecule has 0 saturated carbocycles. The highest BCUT2D eigenvalue weighted by molar-refractivity contribution is 5.77. The van der Waals surface area contributed by atoms with Gasteiger partial charge in [-0.2, -0.15) is 0 Å². The van der Waals surface area contributed by atoms with Crippen LogP contribution in [0.5, 0.6) is 0 Å². The van der Waals surface area contributed by atoms with Gasteiger partial charge >= 0.3 is 0 Å². The number of hydrogen-bond donors (Lipinski definition) is 4. The number of carbonyl (C=O) groups excluding carboxylic acids is 1. The van der Waals surface area contributed by atoms with Gasteiger partial charge in [0.15, 0.2) is 0 Å². The molecule has 0 spiro atoms. The molecule has 1 rings (SSSR count). The topological polar surface area (TPSA) is 107 Å². The predicted molar refractivity (Wildman–Crippen MR) is 82.3 cm³/mol. The third-order valence-corrected chi connectivity index (χ3v) is 2.84. The van der Waals surface area contributed by atoms with Gasteiger partial charge in [0.1, 0.15) is 0 Å². The van der Waals surface area contributed by atoms with Crippen molar-refractivity contribution in [2.45, 2.75) is 40.0 Å². The van der Waals surface area contributed by atoms with Gasteiger partial charge in [0.05, 0.1) is 6.61 Å². The van der Waals surface area contributed by atoms with Crippen LogP contribution >= 0.6 is 0 Å². The summed E-state index contributed by atoms with van der Waals surface area (Å²) < 4.78 is 13.0. The first kappa shape index (κ1) is 19.3. The van der Waals surface area contributed by atoms with Crippen molar-refractivity contribution < 1.29 is 21.5 Å². The molecule has 0 aromatic rings. The molecule has 0 aliphatic carbocycles. The predicted octanol–water partition coefficient (Wildman–Crippen LogP) is 0.199. The van der Waals surface area contributed by atoms with E-state index in [1.54, 1.807) is 4.90 Å². The normalized spacial score (nSPS) is 15.9. The van der Waals surface area contributed by atoms with Crippen LogP contribution in [-0.4, -0.2) is 68.0 Å². The van der Waals surface area contributed by atoms with Crippen molar-refractivity contribution >= 4 is 5.91 Å². The SMILES string of the molecule is C.CO.[2H]CC1(CO)CN(C(=O)CCCCCN)C1.[3H]OC. The second kappa shape index (κ2) is 14.7. The molecule has 6 heteroatoms. The van der Waals surface area contributed by atoms with Crippen molar-refractivity contribution in [2.24, 2.45) is 11.1 Å². The average Bonchev–Trinajstić information content (AvgIpc) is 2.47. The molecule has 1 amide bonds. The Morgan fingerprint density at radius 1 is 1.45 bits per heavy atom. The Kier molecular flexibility index (Phi) is 14.2. The van der Waals surface area contributed by atoms with Gasteiger partial charge in [-0.1, -0.05) is 20.7 Å². The third kappa shape index (κ3) is 9.25. The van der Waals surface area contributed by atoms with E-state index in [1.165, 1.54) is 7.11 Å². The third-order valence-electron chi connectivity index (χ3n) is 2.84. The lowest BCUT2D eigenvalue weighted by Crippen LogP contribution is -2.58. The van der Waals surface area contributed by atoms with Gasteiger partial charge in [0.25, 0.3) is 0 Å². The quantitative estimate of drug-likeness (QED) is 0.524. The van der Waals surface area contributed by atoms with Crippen LogP contribution in [0.2, 0.25) is 0 Å². The van der Waals surface area contributed by atoms with Crippen LogP contribution in [0.1, 0.15) is 41.4 Å². The monoisotopic (exact) mass is 297 g/mol. The first-order valence-electron chi connectivity index (χ1n) is 7.52. The molecule has 5 N–H and O–H groups in total. The van der Waals surface area contributed by atoms with Gasteiger partial charge in [-0.15, -0.1) is 0 Å². The maximum atomic E-state index is 11.7. The fraction of sp³-hybridized carbons (Fsp3) is 0.929. The molecule has 0 aromatic heterocycles. The number of unbranched alkanes of at least 4 members (excludes halogenated alkanes) is 2. The minimum atomic E-state index is -0.340. The molecule has 1 heterocycles. The van der Waals surface area contributed by atoms with Gasteiger partial charge in [0.2, 0.25) is 7.34 Å². The molecule has 0 bridgehead atoms. The van der Waals surface area contributed by atoms with Crippen LogP contribution in [0, 0.1) is 5.41 Å². The van der Waals surface area contributed by atoms with Crippen LogP contribution in [-0.2, 0) is 4.79 Å². The summed E-state index contributed by atoms with van der Waals surface area (Å²) in [5.74, 6) is 0.148. The summed E-state index contributed by atoms with van der Waals surface area (Å²) in [6.07, 6.45) is 3.43. The highest BCUT2D eigenvalue weighted by Gasteiger charge is 2.40. The molecule has 1 aliphatic rings. The van der Waals surface area contributed by atoms with Crippen molar-refractivity contribution in [2.75, 3.05) is 40.5 Å². The van der Waals surface area contributed by atoms with E-state index in [1.807, 2.05) is 0 Å². The zero-order chi connectivity index (χ0) is 16.7. The van der Waals surface area contributed by atoms with Crippen LogP contribution < -0.4 is 5.73 Å². The van der Waals surface area contributed by atoms with Crippen molar-refractivity contribution in [3.8, 4) is 0 Å². The van der Waals surface area contributed by atoms with E-state index in [9.17, 15) is 4.79 Å². The van der Waals surface area contributed by atoms with E-state index in [0.717, 1.165) is 26.4 Å². The Hall–Kier alpha value is -0.690. The van der Waals surface area contributed by atoms with E-state index in [4.69, 9.17) is 18.7 Å². The lowest BCUT2D eigenvalue weighted by molar-refractivity contribution is -0.144. The van der Waals surface area contributed by atoms with Crippen molar-refractivity contribution in [3.63, 3.8) is 0 Å². The average molecular weight is 297 g/mol. The van der Waals surface area contributed by atoms with Crippen LogP contribution in [0.4, 0.5) is 0 Å². The van der Waals surface area contributed by atoms with Crippen LogP contribution in [0.25, 0.3) is 0 Å². The minimum Gasteiger partial charge on any atom is -0.400 e. The molecular formula is C14H34N2O4. The zero-order valence-electron chi connectivity index (χ0n) is 14.1. The molecule has 0 radical (unpaired) electrons. The first-order valence-corrected chi connectivity index (χ1v) is 6.41. The maximum Gasteiger partial charge on any atom is 0.222 e. The summed E-state index contributed by atoms with van der Waals surface area (Å²) in [5.41, 5.74) is 5.03. The highest BCUT2D eigenvalue weighted by Crippen LogP contribution is 2.29. The van der Waals surface area contributed by atoms with Gasteiger partial charge in [-0.3, -0.25) is 4.79 Å². The number of nitrogens with two attached hydrogens (primary N) is 1. The van der Waals surface area contributed by atoms with Crippen molar-refractivity contribution in [1.82, 2.24) is 4.90 Å². The van der Waals surface area contributed by atoms with Crippen LogP contribution in [0.3, 0.4) is 0 Å². The molecular weight excluding hydrogens is 260 g/mol. The standard InChI is InChI=1S/C11H22N2O2.2CH4O.CH4/c1-11(9-14)7-13(8-11)10(15)5-3-2-4-6-12;2*1-2;/h14H,2-9,12H2,1H3;2*2H,1H3;1H4/i1D;2T;;. The number of aliphatic hydroxyl groups is 3. The summed E-state index contributed by atoms with van der Waals surface area (Å²) in [6.45, 7) is 1.98. The fourth-order valence-electron chi connectivity index (χ4n) is 1.80. The second-order valence-corrected chi connectivity index (χ2v) is 4.51. The van der Waals surface area contributed by atoms with E-state index in [2.05, 4.69) is 5.11 Å². The van der Waals surface area contributed by atoms with Gasteiger partial charge in [0, 0.05) is 40.5 Å². The number of aliphatic hydroxyl groups excluding tert-OH is 3. The molecule has 6 nitrogen and oxygen atoms in total. The highest BCUT2D eigenvalue weighted by atomic mass is 16.3. The van der Waals surface area contributed by atoms with E-state index in [-0.39, 0.29) is 32.3 Å². The number of carbonyl (C=O) groups is 1. The summed E-state index contributed by atoms with van der Waals surface area (Å²) in [5, 5.41) is 19.6. The second-order valence-electron chi connectivity index (χ2n) is 4.51. The maximum absolute atomic E-state index is 11.7. The Morgan fingerprint density at radius 2 is 2.00 bits per heavy atom. The van der Waals surface area contributed by atoms with Gasteiger partial charge < -0.3 is 26.0 Å². The Bertz CT molecular complexity index is 247. The summed E-state index contributed by atoms with van der Waals surface area (Å²) in [7, 11) is 2.29. The molecule has 0 atom stereocenters. The fourth-order valence-corrected chi connectivity index (χ4v) is 1.80. The van der Waals surface area contributed by atoms with E-state index < -0.39 is 0 Å². The number of likely N-dealkylation sites (tertiary alicyclic amines) is 1. The van der Waals surface area contributed by atoms with Crippen molar-refractivity contribution in [3.05, 3.63) is 0 Å². The lowest BCUT2D eigenvalue weighted by atomic mass is 9.82. The smallest absolute Gasteiger partial charge is 0.222 e. The molecule has 0 unspecified atom stereocenters. The van der Waals surface area contributed by atoms with E-state index in [0.29, 0.717) is 26.1 Å². The molecule has 1 fully saturated rings. The number of nitrogens with zero attached hydrogens (tertiary/aromatic N) is 1. The van der Waals surface area contributed by atoms with Crippen LogP contribution in [0.15, 0.2) is 0 Å². The van der Waals surface area contributed by atoms with Gasteiger partial charge in [-0.25, -0.2) is 0 Å². The molecule has 20 heavy (non-hydrogen) atoms. The summed E-state index contributed by atoms with van der Waals surface area (Å²) in [6, 6.07) is 0. The summed E-state index contributed by atoms with van der Waals surface area (Å²) in [4.78, 5) is 13.4. The summed E-state index contributed by atoms with van der Waals surface area (Å²) >= 11 is 0. The van der Waals surface area contributed by atoms with Crippen molar-refractivity contribution in [1.29, 1.82) is 1.43 Å². The number of amides is 1. The molecule has 124 valence electrons. The molecule has 1 aliphatic heterocycles. The molecule has 0 aromatic carbocycles. The minimum absolute atomic E-state index is 0. The zero-order valence-corrected chi connectivity index (χ0v) is 12.1.